The molecular weight excluding hydrogens is 306 g/mol. The molecule has 0 amide bonds. The molecule has 0 saturated carbocycles. The van der Waals surface area contributed by atoms with Crippen molar-refractivity contribution >= 4 is 26.0 Å². The third-order valence-corrected chi connectivity index (χ3v) is 4.56. The molecule has 0 saturated heterocycles. The summed E-state index contributed by atoms with van der Waals surface area (Å²) >= 11 is 3.21. The van der Waals surface area contributed by atoms with Crippen molar-refractivity contribution in [2.75, 3.05) is 0 Å². The molecule has 5 nitrogen and oxygen atoms in total. The summed E-state index contributed by atoms with van der Waals surface area (Å²) in [4.78, 5) is 0.225. The van der Waals surface area contributed by atoms with Crippen LogP contribution >= 0.6 is 15.9 Å². The van der Waals surface area contributed by atoms with Gasteiger partial charge in [0.25, 0.3) is 0 Å². The summed E-state index contributed by atoms with van der Waals surface area (Å²) in [7, 11) is -3.51. The van der Waals surface area contributed by atoms with Crippen molar-refractivity contribution in [3.63, 3.8) is 0 Å². The highest BCUT2D eigenvalue weighted by Crippen LogP contribution is 2.20. The van der Waals surface area contributed by atoms with Crippen LogP contribution in [-0.4, -0.2) is 18.6 Å². The highest BCUT2D eigenvalue weighted by Gasteiger charge is 2.16. The Labute approximate surface area is 107 Å². The molecule has 0 bridgehead atoms. The summed E-state index contributed by atoms with van der Waals surface area (Å²) in [6.45, 7) is 0.208. The number of aromatic amines is 1. The van der Waals surface area contributed by atoms with Gasteiger partial charge in [-0.3, -0.25) is 5.10 Å². The zero-order valence-corrected chi connectivity index (χ0v) is 11.1. The molecule has 1 aromatic heterocycles. The van der Waals surface area contributed by atoms with Crippen LogP contribution < -0.4 is 4.72 Å². The van der Waals surface area contributed by atoms with Crippen molar-refractivity contribution < 1.29 is 8.42 Å². The molecule has 1 heterocycles. The molecule has 90 valence electrons. The Bertz CT molecular complexity index is 596. The molecular formula is C10H10BrN3O2S. The maximum Gasteiger partial charge on any atom is 0.241 e. The maximum absolute atomic E-state index is 12.0. The second-order valence-corrected chi connectivity index (χ2v) is 5.95. The first-order chi connectivity index (χ1) is 8.09. The van der Waals surface area contributed by atoms with E-state index in [1.807, 2.05) is 0 Å². The minimum atomic E-state index is -3.51. The fourth-order valence-corrected chi connectivity index (χ4v) is 3.31. The Morgan fingerprint density at radius 1 is 1.35 bits per heavy atom. The normalized spacial score (nSPS) is 11.6. The maximum atomic E-state index is 12.0. The second-order valence-electron chi connectivity index (χ2n) is 3.36. The predicted molar refractivity (Wildman–Crippen MR) is 66.8 cm³/mol. The minimum absolute atomic E-state index is 0.208. The second kappa shape index (κ2) is 4.99. The molecule has 7 heteroatoms. The van der Waals surface area contributed by atoms with E-state index in [0.29, 0.717) is 4.47 Å². The lowest BCUT2D eigenvalue weighted by atomic mass is 10.4. The van der Waals surface area contributed by atoms with Crippen LogP contribution in [0.5, 0.6) is 0 Å². The zero-order valence-electron chi connectivity index (χ0n) is 8.72. The monoisotopic (exact) mass is 315 g/mol. The lowest BCUT2D eigenvalue weighted by Crippen LogP contribution is -2.23. The number of halogens is 1. The lowest BCUT2D eigenvalue weighted by Gasteiger charge is -2.07. The van der Waals surface area contributed by atoms with Crippen LogP contribution in [0.2, 0.25) is 0 Å². The van der Waals surface area contributed by atoms with Gasteiger partial charge >= 0.3 is 0 Å². The van der Waals surface area contributed by atoms with Crippen LogP contribution in [0.4, 0.5) is 0 Å². The molecule has 0 atom stereocenters. The SMILES string of the molecule is O=S(=O)(NCc1cn[nH]c1)c1ccccc1Br. The van der Waals surface area contributed by atoms with E-state index in [4.69, 9.17) is 0 Å². The molecule has 2 aromatic rings. The molecule has 2 rings (SSSR count). The van der Waals surface area contributed by atoms with Gasteiger partial charge in [0.1, 0.15) is 0 Å². The van der Waals surface area contributed by atoms with Crippen LogP contribution in [0.25, 0.3) is 0 Å². The number of hydrogen-bond acceptors (Lipinski definition) is 3. The van der Waals surface area contributed by atoms with Crippen molar-refractivity contribution in [3.05, 3.63) is 46.7 Å². The zero-order chi connectivity index (χ0) is 12.3. The van der Waals surface area contributed by atoms with Gasteiger partial charge in [-0.25, -0.2) is 13.1 Å². The number of nitrogens with zero attached hydrogens (tertiary/aromatic N) is 1. The van der Waals surface area contributed by atoms with Crippen molar-refractivity contribution in [2.24, 2.45) is 0 Å². The summed E-state index contributed by atoms with van der Waals surface area (Å²) in [6, 6.07) is 6.67. The Hall–Kier alpha value is -1.18. The van der Waals surface area contributed by atoms with Crippen molar-refractivity contribution in [1.29, 1.82) is 0 Å². The van der Waals surface area contributed by atoms with E-state index >= 15 is 0 Å². The first-order valence-corrected chi connectivity index (χ1v) is 7.09. The molecule has 0 aliphatic carbocycles. The first kappa shape index (κ1) is 12.3. The third-order valence-electron chi connectivity index (χ3n) is 2.15. The Morgan fingerprint density at radius 3 is 2.76 bits per heavy atom. The van der Waals surface area contributed by atoms with Gasteiger partial charge in [0.2, 0.25) is 10.0 Å². The van der Waals surface area contributed by atoms with E-state index in [0.717, 1.165) is 5.56 Å². The molecule has 17 heavy (non-hydrogen) atoms. The fraction of sp³-hybridized carbons (Fsp3) is 0.100. The molecule has 0 fully saturated rings. The summed E-state index contributed by atoms with van der Waals surface area (Å²) in [5, 5.41) is 6.37. The third kappa shape index (κ3) is 2.93. The smallest absolute Gasteiger partial charge is 0.241 e. The highest BCUT2D eigenvalue weighted by atomic mass is 79.9. The first-order valence-electron chi connectivity index (χ1n) is 4.81. The van der Waals surface area contributed by atoms with Crippen LogP contribution in [0, 0.1) is 0 Å². The van der Waals surface area contributed by atoms with Gasteiger partial charge in [-0.05, 0) is 28.1 Å². The Balaban J connectivity index is 2.17. The summed E-state index contributed by atoms with van der Waals surface area (Å²) in [6.07, 6.45) is 3.21. The van der Waals surface area contributed by atoms with Gasteiger partial charge in [-0.1, -0.05) is 12.1 Å². The number of H-pyrrole nitrogens is 1. The van der Waals surface area contributed by atoms with E-state index in [1.54, 1.807) is 36.7 Å². The summed E-state index contributed by atoms with van der Waals surface area (Å²) < 4.78 is 27.0. The fourth-order valence-electron chi connectivity index (χ4n) is 1.29. The van der Waals surface area contributed by atoms with Crippen LogP contribution in [0.3, 0.4) is 0 Å². The predicted octanol–water partition coefficient (Wildman–Crippen LogP) is 1.65. The summed E-state index contributed by atoms with van der Waals surface area (Å²) in [5.41, 5.74) is 0.778. The standard InChI is InChI=1S/C10H10BrN3O2S/c11-9-3-1-2-4-10(9)17(15,16)14-7-8-5-12-13-6-8/h1-6,14H,7H2,(H,12,13). The topological polar surface area (TPSA) is 74.8 Å². The number of aromatic nitrogens is 2. The lowest BCUT2D eigenvalue weighted by molar-refractivity contribution is 0.581. The van der Waals surface area contributed by atoms with Crippen molar-refractivity contribution in [1.82, 2.24) is 14.9 Å². The van der Waals surface area contributed by atoms with E-state index in [9.17, 15) is 8.42 Å². The van der Waals surface area contributed by atoms with E-state index in [1.165, 1.54) is 0 Å². The van der Waals surface area contributed by atoms with Gasteiger partial charge in [-0.15, -0.1) is 0 Å². The van der Waals surface area contributed by atoms with E-state index in [2.05, 4.69) is 30.8 Å². The number of nitrogens with one attached hydrogen (secondary N) is 2. The highest BCUT2D eigenvalue weighted by molar-refractivity contribution is 9.10. The average molecular weight is 316 g/mol. The molecule has 1 aromatic carbocycles. The van der Waals surface area contributed by atoms with Crippen LogP contribution in [-0.2, 0) is 16.6 Å². The van der Waals surface area contributed by atoms with Gasteiger partial charge in [0.05, 0.1) is 11.1 Å². The quantitative estimate of drug-likeness (QED) is 0.901. The van der Waals surface area contributed by atoms with Gasteiger partial charge in [0.15, 0.2) is 0 Å². The van der Waals surface area contributed by atoms with Crippen LogP contribution in [0.15, 0.2) is 46.0 Å². The minimum Gasteiger partial charge on any atom is -0.285 e. The van der Waals surface area contributed by atoms with Crippen LogP contribution in [0.1, 0.15) is 5.56 Å². The van der Waals surface area contributed by atoms with E-state index < -0.39 is 10.0 Å². The number of hydrogen-bond donors (Lipinski definition) is 2. The number of sulfonamides is 1. The summed E-state index contributed by atoms with van der Waals surface area (Å²) in [5.74, 6) is 0. The van der Waals surface area contributed by atoms with Crippen molar-refractivity contribution in [2.45, 2.75) is 11.4 Å². The Kier molecular flexibility index (Phi) is 3.60. The van der Waals surface area contributed by atoms with Gasteiger partial charge in [-0.2, -0.15) is 5.10 Å². The molecule has 2 N–H and O–H groups in total. The molecule has 0 unspecified atom stereocenters. The average Bonchev–Trinajstić information content (AvgIpc) is 2.80. The molecule has 0 aliphatic rings. The Morgan fingerprint density at radius 2 is 2.12 bits per heavy atom. The van der Waals surface area contributed by atoms with Crippen molar-refractivity contribution in [3.8, 4) is 0 Å². The largest absolute Gasteiger partial charge is 0.285 e. The molecule has 0 radical (unpaired) electrons. The number of benzene rings is 1. The number of rotatable bonds is 4. The van der Waals surface area contributed by atoms with Gasteiger partial charge < -0.3 is 0 Å². The molecule has 0 spiro atoms. The van der Waals surface area contributed by atoms with E-state index in [-0.39, 0.29) is 11.4 Å². The molecule has 0 aliphatic heterocycles. The van der Waals surface area contributed by atoms with Gasteiger partial charge in [0, 0.05) is 22.8 Å².